The summed E-state index contributed by atoms with van der Waals surface area (Å²) in [7, 11) is 2.11. The molecule has 4 rings (SSSR count). The summed E-state index contributed by atoms with van der Waals surface area (Å²) >= 11 is 0. The molecule has 1 aliphatic heterocycles. The van der Waals surface area contributed by atoms with Gasteiger partial charge in [-0.15, -0.1) is 0 Å². The van der Waals surface area contributed by atoms with Crippen molar-refractivity contribution in [1.29, 1.82) is 0 Å². The van der Waals surface area contributed by atoms with Crippen molar-refractivity contribution in [2.45, 2.75) is 53.1 Å². The molecule has 0 bridgehead atoms. The zero-order valence-corrected chi connectivity index (χ0v) is 21.3. The van der Waals surface area contributed by atoms with Crippen molar-refractivity contribution in [3.8, 4) is 11.1 Å². The molecule has 1 aliphatic rings. The molecule has 1 amide bonds. The zero-order chi connectivity index (χ0) is 25.1. The summed E-state index contributed by atoms with van der Waals surface area (Å²) in [5, 5.41) is 2.99. The van der Waals surface area contributed by atoms with Crippen molar-refractivity contribution in [3.05, 3.63) is 86.3 Å². The maximum Gasteiger partial charge on any atom is 0.253 e. The first-order valence-corrected chi connectivity index (χ1v) is 12.2. The number of nitrogens with zero attached hydrogens (tertiary/aromatic N) is 1. The van der Waals surface area contributed by atoms with Crippen molar-refractivity contribution < 1.29 is 9.53 Å². The number of H-pyrrole nitrogens is 1. The average molecular weight is 474 g/mol. The summed E-state index contributed by atoms with van der Waals surface area (Å²) in [5.74, 6) is -0.183. The Labute approximate surface area is 207 Å². The molecule has 2 aromatic carbocycles. The van der Waals surface area contributed by atoms with Gasteiger partial charge in [0.2, 0.25) is 0 Å². The van der Waals surface area contributed by atoms with Gasteiger partial charge in [0, 0.05) is 55.4 Å². The van der Waals surface area contributed by atoms with Crippen LogP contribution in [0, 0.1) is 27.7 Å². The fourth-order valence-corrected chi connectivity index (χ4v) is 4.85. The Kier molecular flexibility index (Phi) is 7.41. The van der Waals surface area contributed by atoms with E-state index in [1.54, 1.807) is 0 Å². The number of anilines is 1. The lowest BCUT2D eigenvalue weighted by Crippen LogP contribution is -2.37. The molecular weight excluding hydrogens is 438 g/mol. The van der Waals surface area contributed by atoms with Gasteiger partial charge in [0.25, 0.3) is 11.5 Å². The van der Waals surface area contributed by atoms with E-state index < -0.39 is 0 Å². The Morgan fingerprint density at radius 2 is 1.71 bits per heavy atom. The molecule has 6 nitrogen and oxygen atoms in total. The Morgan fingerprint density at radius 1 is 1.03 bits per heavy atom. The lowest BCUT2D eigenvalue weighted by Gasteiger charge is -2.34. The van der Waals surface area contributed by atoms with Crippen LogP contribution in [0.2, 0.25) is 0 Å². The van der Waals surface area contributed by atoms with Gasteiger partial charge in [-0.2, -0.15) is 0 Å². The highest BCUT2D eigenvalue weighted by molar-refractivity contribution is 5.99. The lowest BCUT2D eigenvalue weighted by atomic mass is 9.95. The van der Waals surface area contributed by atoms with E-state index in [0.717, 1.165) is 59.7 Å². The van der Waals surface area contributed by atoms with E-state index in [0.29, 0.717) is 17.2 Å². The molecule has 184 valence electrons. The summed E-state index contributed by atoms with van der Waals surface area (Å²) in [6.07, 6.45) is 1.92. The molecule has 0 radical (unpaired) electrons. The minimum atomic E-state index is -0.183. The highest BCUT2D eigenvalue weighted by Crippen LogP contribution is 2.33. The number of aromatic amines is 1. The normalized spacial score (nSPS) is 14.1. The van der Waals surface area contributed by atoms with E-state index in [-0.39, 0.29) is 18.0 Å². The molecule has 1 saturated heterocycles. The first kappa shape index (κ1) is 24.7. The first-order valence-electron chi connectivity index (χ1n) is 12.2. The van der Waals surface area contributed by atoms with Gasteiger partial charge in [-0.3, -0.25) is 9.59 Å². The van der Waals surface area contributed by atoms with Gasteiger partial charge in [-0.25, -0.2) is 0 Å². The number of benzene rings is 2. The number of rotatable bonds is 6. The van der Waals surface area contributed by atoms with Crippen molar-refractivity contribution in [3.63, 3.8) is 0 Å². The summed E-state index contributed by atoms with van der Waals surface area (Å²) in [4.78, 5) is 31.0. The third-order valence-corrected chi connectivity index (χ3v) is 7.05. The second kappa shape index (κ2) is 10.5. The minimum absolute atomic E-state index is 0.159. The number of pyridine rings is 1. The highest BCUT2D eigenvalue weighted by Gasteiger charge is 2.23. The summed E-state index contributed by atoms with van der Waals surface area (Å²) in [6, 6.07) is 14.8. The van der Waals surface area contributed by atoms with Crippen LogP contribution in [0.15, 0.2) is 47.3 Å². The zero-order valence-electron chi connectivity index (χ0n) is 21.3. The van der Waals surface area contributed by atoms with Crippen LogP contribution in [0.4, 0.5) is 5.69 Å². The standard InChI is InChI=1S/C29H35N3O3/c1-18-6-8-22(9-7-18)23-15-25(21(4)27(16-23)32(5)24-10-12-35-13-11-24)28(33)30-17-26-19(2)14-20(3)31-29(26)34/h6-9,14-16,24H,10-13,17H2,1-5H3,(H,30,33)(H,31,34). The van der Waals surface area contributed by atoms with Crippen LogP contribution in [0.5, 0.6) is 0 Å². The molecule has 2 heterocycles. The topological polar surface area (TPSA) is 74.4 Å². The number of aryl methyl sites for hydroxylation is 3. The number of ether oxygens (including phenoxy) is 1. The summed E-state index contributed by atoms with van der Waals surface area (Å²) in [6.45, 7) is 9.51. The van der Waals surface area contributed by atoms with Crippen LogP contribution in [0.1, 0.15) is 51.1 Å². The summed E-state index contributed by atoms with van der Waals surface area (Å²) in [5.41, 5.74) is 7.96. The van der Waals surface area contributed by atoms with Crippen LogP contribution in [0.3, 0.4) is 0 Å². The largest absolute Gasteiger partial charge is 0.381 e. The fourth-order valence-electron chi connectivity index (χ4n) is 4.85. The molecular formula is C29H35N3O3. The Bertz CT molecular complexity index is 1270. The van der Waals surface area contributed by atoms with Crippen LogP contribution >= 0.6 is 0 Å². The number of hydrogen-bond acceptors (Lipinski definition) is 4. The van der Waals surface area contributed by atoms with Gasteiger partial charge in [0.1, 0.15) is 0 Å². The highest BCUT2D eigenvalue weighted by atomic mass is 16.5. The number of nitrogens with one attached hydrogen (secondary N) is 2. The number of carbonyl (C=O) groups is 1. The monoisotopic (exact) mass is 473 g/mol. The van der Waals surface area contributed by atoms with Gasteiger partial charge >= 0.3 is 0 Å². The quantitative estimate of drug-likeness (QED) is 0.538. The summed E-state index contributed by atoms with van der Waals surface area (Å²) < 4.78 is 5.56. The van der Waals surface area contributed by atoms with E-state index >= 15 is 0 Å². The SMILES string of the molecule is Cc1ccc(-c2cc(C(=O)NCc3c(C)cc(C)[nH]c3=O)c(C)c(N(C)C3CCOCC3)c2)cc1. The third-order valence-electron chi connectivity index (χ3n) is 7.05. The van der Waals surface area contributed by atoms with Gasteiger partial charge in [-0.1, -0.05) is 29.8 Å². The Morgan fingerprint density at radius 3 is 2.37 bits per heavy atom. The molecule has 0 aliphatic carbocycles. The van der Waals surface area contributed by atoms with Crippen LogP contribution < -0.4 is 15.8 Å². The maximum atomic E-state index is 13.5. The molecule has 1 aromatic heterocycles. The number of carbonyl (C=O) groups excluding carboxylic acids is 1. The first-order chi connectivity index (χ1) is 16.7. The smallest absolute Gasteiger partial charge is 0.253 e. The van der Waals surface area contributed by atoms with Crippen molar-refractivity contribution in [1.82, 2.24) is 10.3 Å². The molecule has 2 N–H and O–H groups in total. The van der Waals surface area contributed by atoms with E-state index in [1.165, 1.54) is 5.56 Å². The van der Waals surface area contributed by atoms with Gasteiger partial charge < -0.3 is 19.9 Å². The molecule has 0 saturated carbocycles. The number of amides is 1. The third kappa shape index (κ3) is 5.49. The molecule has 3 aromatic rings. The van der Waals surface area contributed by atoms with E-state index in [4.69, 9.17) is 4.74 Å². The molecule has 0 unspecified atom stereocenters. The minimum Gasteiger partial charge on any atom is -0.381 e. The van der Waals surface area contributed by atoms with Gasteiger partial charge in [-0.05, 0) is 81.0 Å². The maximum absolute atomic E-state index is 13.5. The predicted octanol–water partition coefficient (Wildman–Crippen LogP) is 4.82. The van der Waals surface area contributed by atoms with E-state index in [2.05, 4.69) is 59.5 Å². The average Bonchev–Trinajstić information content (AvgIpc) is 2.84. The molecule has 35 heavy (non-hydrogen) atoms. The van der Waals surface area contributed by atoms with E-state index in [9.17, 15) is 9.59 Å². The van der Waals surface area contributed by atoms with Crippen molar-refractivity contribution in [2.75, 3.05) is 25.2 Å². The molecule has 0 atom stereocenters. The number of aromatic nitrogens is 1. The second-order valence-electron chi connectivity index (χ2n) is 9.61. The second-order valence-corrected chi connectivity index (χ2v) is 9.61. The molecule has 1 fully saturated rings. The molecule has 0 spiro atoms. The van der Waals surface area contributed by atoms with Gasteiger partial charge in [0.05, 0.1) is 0 Å². The Balaban J connectivity index is 1.70. The molecule has 6 heteroatoms. The van der Waals surface area contributed by atoms with Crippen LogP contribution in [-0.2, 0) is 11.3 Å². The van der Waals surface area contributed by atoms with Gasteiger partial charge in [0.15, 0.2) is 0 Å². The van der Waals surface area contributed by atoms with Crippen LogP contribution in [0.25, 0.3) is 11.1 Å². The fraction of sp³-hybridized carbons (Fsp3) is 0.379. The number of hydrogen-bond donors (Lipinski definition) is 2. The van der Waals surface area contributed by atoms with Crippen molar-refractivity contribution >= 4 is 11.6 Å². The van der Waals surface area contributed by atoms with Crippen LogP contribution in [-0.4, -0.2) is 37.2 Å². The predicted molar refractivity (Wildman–Crippen MR) is 141 cm³/mol. The Hall–Kier alpha value is -3.38. The van der Waals surface area contributed by atoms with E-state index in [1.807, 2.05) is 32.9 Å². The lowest BCUT2D eigenvalue weighted by molar-refractivity contribution is 0.0854. The van der Waals surface area contributed by atoms with Crippen molar-refractivity contribution in [2.24, 2.45) is 0 Å².